The van der Waals surface area contributed by atoms with Gasteiger partial charge in [-0.1, -0.05) is 32.9 Å². The highest BCUT2D eigenvalue weighted by atomic mass is 16.4. The molecular weight excluding hydrogens is 416 g/mol. The molecule has 4 aliphatic rings. The molecule has 4 rings (SSSR count). The van der Waals surface area contributed by atoms with Crippen LogP contribution in [0.15, 0.2) is 23.8 Å². The first-order chi connectivity index (χ1) is 15.1. The molecule has 4 N–H and O–H groups in total. The number of allylic oxidation sites excluding steroid dienone is 4. The molecule has 0 amide bonds. The molecule has 0 saturated heterocycles. The summed E-state index contributed by atoms with van der Waals surface area (Å²) in [7, 11) is 0. The van der Waals surface area contributed by atoms with Crippen molar-refractivity contribution in [1.29, 1.82) is 0 Å². The lowest BCUT2D eigenvalue weighted by Gasteiger charge is -2.57. The smallest absolute Gasteiger partial charge is 0.156 e. The van der Waals surface area contributed by atoms with Crippen molar-refractivity contribution in [3.05, 3.63) is 23.8 Å². The van der Waals surface area contributed by atoms with Crippen LogP contribution in [0.25, 0.3) is 0 Å². The molecule has 0 aromatic rings. The van der Waals surface area contributed by atoms with Gasteiger partial charge in [-0.25, -0.2) is 0 Å². The van der Waals surface area contributed by atoms with Crippen LogP contribution in [0.1, 0.15) is 80.1 Å². The van der Waals surface area contributed by atoms with Crippen molar-refractivity contribution in [2.75, 3.05) is 0 Å². The minimum Gasteiger partial charge on any atom is -0.390 e. The number of hydrogen-bond donors (Lipinski definition) is 4. The van der Waals surface area contributed by atoms with Gasteiger partial charge in [0.05, 0.1) is 17.3 Å². The molecular formula is C28H44O5. The van der Waals surface area contributed by atoms with E-state index >= 15 is 0 Å². The van der Waals surface area contributed by atoms with E-state index in [0.29, 0.717) is 24.2 Å². The van der Waals surface area contributed by atoms with Crippen LogP contribution in [-0.4, -0.2) is 49.6 Å². The molecule has 2 fully saturated rings. The number of aliphatic hydroxyl groups is 4. The number of aliphatic hydroxyl groups excluding tert-OH is 2. The van der Waals surface area contributed by atoms with Crippen molar-refractivity contribution in [2.24, 2.45) is 40.4 Å². The van der Waals surface area contributed by atoms with Gasteiger partial charge in [0, 0.05) is 12.3 Å². The van der Waals surface area contributed by atoms with E-state index in [1.807, 2.05) is 6.08 Å². The Morgan fingerprint density at radius 2 is 1.70 bits per heavy atom. The second kappa shape index (κ2) is 8.01. The number of hydrogen-bond acceptors (Lipinski definition) is 5. The molecule has 5 heteroatoms. The van der Waals surface area contributed by atoms with Gasteiger partial charge in [0.1, 0.15) is 6.10 Å². The number of ketones is 1. The van der Waals surface area contributed by atoms with Crippen molar-refractivity contribution in [3.63, 3.8) is 0 Å². The largest absolute Gasteiger partial charge is 0.390 e. The lowest BCUT2D eigenvalue weighted by Crippen LogP contribution is -2.59. The maximum absolute atomic E-state index is 12.0. The molecule has 0 unspecified atom stereocenters. The highest BCUT2D eigenvalue weighted by Gasteiger charge is 2.62. The Morgan fingerprint density at radius 1 is 1.03 bits per heavy atom. The third-order valence-electron chi connectivity index (χ3n) is 10.8. The van der Waals surface area contributed by atoms with E-state index in [1.54, 1.807) is 27.7 Å². The van der Waals surface area contributed by atoms with E-state index in [0.717, 1.165) is 32.1 Å². The average Bonchev–Trinajstić information content (AvgIpc) is 3.10. The third kappa shape index (κ3) is 3.78. The summed E-state index contributed by atoms with van der Waals surface area (Å²) in [5.41, 5.74) is -1.54. The predicted molar refractivity (Wildman–Crippen MR) is 128 cm³/mol. The Morgan fingerprint density at radius 3 is 2.33 bits per heavy atom. The summed E-state index contributed by atoms with van der Waals surface area (Å²) in [6.07, 6.45) is 9.13. The van der Waals surface area contributed by atoms with Crippen molar-refractivity contribution in [1.82, 2.24) is 0 Å². The van der Waals surface area contributed by atoms with Crippen LogP contribution in [0.4, 0.5) is 0 Å². The molecule has 0 aromatic carbocycles. The zero-order chi connectivity index (χ0) is 24.6. The second-order valence-corrected chi connectivity index (χ2v) is 12.9. The zero-order valence-corrected chi connectivity index (χ0v) is 21.2. The molecule has 0 heterocycles. The van der Waals surface area contributed by atoms with Gasteiger partial charge in [0.25, 0.3) is 0 Å². The summed E-state index contributed by atoms with van der Waals surface area (Å²) < 4.78 is 0. The zero-order valence-electron chi connectivity index (χ0n) is 21.2. The van der Waals surface area contributed by atoms with Gasteiger partial charge in [0.15, 0.2) is 5.78 Å². The van der Waals surface area contributed by atoms with Crippen LogP contribution in [0.2, 0.25) is 0 Å². The molecule has 0 aromatic heterocycles. The van der Waals surface area contributed by atoms with Gasteiger partial charge >= 0.3 is 0 Å². The Bertz CT molecular complexity index is 851. The van der Waals surface area contributed by atoms with E-state index in [-0.39, 0.29) is 22.5 Å². The van der Waals surface area contributed by atoms with Gasteiger partial charge in [-0.15, -0.1) is 0 Å². The van der Waals surface area contributed by atoms with Crippen LogP contribution in [0.5, 0.6) is 0 Å². The quantitative estimate of drug-likeness (QED) is 0.500. The number of fused-ring (bicyclic) bond motifs is 5. The molecule has 4 aliphatic carbocycles. The first-order valence-corrected chi connectivity index (χ1v) is 12.9. The summed E-state index contributed by atoms with van der Waals surface area (Å²) in [5.74, 6) is 0.805. The molecule has 0 spiro atoms. The molecule has 186 valence electrons. The van der Waals surface area contributed by atoms with E-state index in [2.05, 4.69) is 26.0 Å². The second-order valence-electron chi connectivity index (χ2n) is 12.9. The maximum Gasteiger partial charge on any atom is 0.156 e. The van der Waals surface area contributed by atoms with Crippen molar-refractivity contribution >= 4 is 5.78 Å². The average molecular weight is 461 g/mol. The minimum absolute atomic E-state index is 0.0348. The van der Waals surface area contributed by atoms with Crippen LogP contribution in [0.3, 0.4) is 0 Å². The lowest BCUT2D eigenvalue weighted by atomic mass is 9.47. The standard InChI is InChI=1S/C28H44O5/c1-16(25(2,3)32)23(30)24(31)28(6,33)22-10-9-20-19-8-7-17-15-18(29)11-13-26(17,4)21(19)12-14-27(20,22)5/h7-8,15-16,19-24,30-33H,9-14H2,1-6H3/t16-,19-,20-,21-,22-,23+,24+,26-,27-,28+/m0/s1. The van der Waals surface area contributed by atoms with Crippen LogP contribution >= 0.6 is 0 Å². The summed E-state index contributed by atoms with van der Waals surface area (Å²) >= 11 is 0. The Kier molecular flexibility index (Phi) is 6.09. The number of rotatable bonds is 5. The molecule has 5 nitrogen and oxygen atoms in total. The van der Waals surface area contributed by atoms with Crippen molar-refractivity contribution < 1.29 is 25.2 Å². The highest BCUT2D eigenvalue weighted by molar-refractivity contribution is 5.92. The number of carbonyl (C=O) groups excluding carboxylic acids is 1. The summed E-state index contributed by atoms with van der Waals surface area (Å²) in [6, 6.07) is 0. The van der Waals surface area contributed by atoms with Crippen molar-refractivity contribution in [3.8, 4) is 0 Å². The fraction of sp³-hybridized carbons (Fsp3) is 0.821. The molecule has 10 atom stereocenters. The monoisotopic (exact) mass is 460 g/mol. The molecule has 2 saturated carbocycles. The minimum atomic E-state index is -1.46. The summed E-state index contributed by atoms with van der Waals surface area (Å²) in [5, 5.41) is 44.0. The summed E-state index contributed by atoms with van der Waals surface area (Å²) in [4.78, 5) is 12.0. The molecule has 33 heavy (non-hydrogen) atoms. The Balaban J connectivity index is 1.61. The number of carbonyl (C=O) groups is 1. The van der Waals surface area contributed by atoms with Gasteiger partial charge in [-0.3, -0.25) is 4.79 Å². The molecule has 0 radical (unpaired) electrons. The van der Waals surface area contributed by atoms with Crippen LogP contribution in [-0.2, 0) is 4.79 Å². The van der Waals surface area contributed by atoms with E-state index < -0.39 is 29.3 Å². The van der Waals surface area contributed by atoms with E-state index in [1.165, 1.54) is 5.57 Å². The first-order valence-electron chi connectivity index (χ1n) is 12.9. The fourth-order valence-electron chi connectivity index (χ4n) is 8.20. The van der Waals surface area contributed by atoms with Crippen molar-refractivity contribution in [2.45, 2.75) is 103 Å². The van der Waals surface area contributed by atoms with Crippen LogP contribution in [0, 0.1) is 40.4 Å². The fourth-order valence-corrected chi connectivity index (χ4v) is 8.20. The third-order valence-corrected chi connectivity index (χ3v) is 10.8. The molecule has 0 bridgehead atoms. The topological polar surface area (TPSA) is 98.0 Å². The van der Waals surface area contributed by atoms with Gasteiger partial charge in [-0.05, 0) is 99.0 Å². The highest BCUT2D eigenvalue weighted by Crippen LogP contribution is 2.66. The normalized spacial score (nSPS) is 43.0. The van der Waals surface area contributed by atoms with E-state index in [4.69, 9.17) is 0 Å². The SMILES string of the molecule is C[C@@H]([C@@H](O)[C@@H](O)[C@](C)(O)[C@H]1CC[C@H]2[C@@H]3C=CC4=CC(=O)CC[C@]4(C)[C@H]3CC[C@]12C)C(C)(C)O. The van der Waals surface area contributed by atoms with Crippen LogP contribution < -0.4 is 0 Å². The Labute approximate surface area is 199 Å². The Hall–Kier alpha value is -1.01. The van der Waals surface area contributed by atoms with Gasteiger partial charge in [0.2, 0.25) is 0 Å². The van der Waals surface area contributed by atoms with Gasteiger partial charge in [-0.2, -0.15) is 0 Å². The predicted octanol–water partition coefficient (Wildman–Crippen LogP) is 3.79. The van der Waals surface area contributed by atoms with E-state index in [9.17, 15) is 25.2 Å². The lowest BCUT2D eigenvalue weighted by molar-refractivity contribution is -0.192. The maximum atomic E-state index is 12.0. The first kappa shape index (κ1) is 25.1. The molecule has 0 aliphatic heterocycles. The summed E-state index contributed by atoms with van der Waals surface area (Å²) in [6.45, 7) is 11.2. The van der Waals surface area contributed by atoms with Gasteiger partial charge < -0.3 is 20.4 Å².